The highest BCUT2D eigenvalue weighted by Gasteiger charge is 1.97. The molecule has 0 saturated carbocycles. The van der Waals surface area contributed by atoms with Crippen LogP contribution in [0.15, 0.2) is 24.3 Å². The first kappa shape index (κ1) is 11.5. The van der Waals surface area contributed by atoms with Gasteiger partial charge in [-0.2, -0.15) is 5.26 Å². The standard InChI is InChI=1S/C12H16N2O/c13-8-3-4-9-15-10-7-11-5-1-2-6-12(11)14/h1-2,5-6H,3-4,7,9-10,14H2. The molecule has 2 N–H and O–H groups in total. The number of hydrogen-bond acceptors (Lipinski definition) is 3. The van der Waals surface area contributed by atoms with E-state index in [1.165, 1.54) is 0 Å². The predicted molar refractivity (Wildman–Crippen MR) is 60.2 cm³/mol. The highest BCUT2D eigenvalue weighted by Crippen LogP contribution is 2.10. The number of hydrogen-bond donors (Lipinski definition) is 1. The maximum Gasteiger partial charge on any atom is 0.0622 e. The van der Waals surface area contributed by atoms with Crippen LogP contribution >= 0.6 is 0 Å². The van der Waals surface area contributed by atoms with E-state index in [1.807, 2.05) is 24.3 Å². The Labute approximate surface area is 90.5 Å². The summed E-state index contributed by atoms with van der Waals surface area (Å²) in [6.07, 6.45) is 2.20. The largest absolute Gasteiger partial charge is 0.399 e. The van der Waals surface area contributed by atoms with Crippen LogP contribution in [-0.2, 0) is 11.2 Å². The van der Waals surface area contributed by atoms with Crippen molar-refractivity contribution in [2.75, 3.05) is 18.9 Å². The second-order valence-corrected chi connectivity index (χ2v) is 3.32. The fraction of sp³-hybridized carbons (Fsp3) is 0.417. The first-order chi connectivity index (χ1) is 7.34. The van der Waals surface area contributed by atoms with Crippen molar-refractivity contribution in [1.29, 1.82) is 5.26 Å². The molecule has 0 amide bonds. The van der Waals surface area contributed by atoms with E-state index in [9.17, 15) is 0 Å². The van der Waals surface area contributed by atoms with Crippen molar-refractivity contribution >= 4 is 5.69 Å². The Morgan fingerprint density at radius 2 is 2.07 bits per heavy atom. The monoisotopic (exact) mass is 204 g/mol. The number of para-hydroxylation sites is 1. The minimum absolute atomic E-state index is 0.563. The lowest BCUT2D eigenvalue weighted by atomic mass is 10.1. The van der Waals surface area contributed by atoms with Gasteiger partial charge in [0.25, 0.3) is 0 Å². The molecule has 0 fully saturated rings. The van der Waals surface area contributed by atoms with Crippen LogP contribution in [0.2, 0.25) is 0 Å². The topological polar surface area (TPSA) is 59.0 Å². The van der Waals surface area contributed by atoms with Crippen molar-refractivity contribution in [1.82, 2.24) is 0 Å². The van der Waals surface area contributed by atoms with Gasteiger partial charge in [0, 0.05) is 18.7 Å². The quantitative estimate of drug-likeness (QED) is 0.570. The Balaban J connectivity index is 2.16. The van der Waals surface area contributed by atoms with E-state index >= 15 is 0 Å². The summed E-state index contributed by atoms with van der Waals surface area (Å²) in [5, 5.41) is 8.32. The van der Waals surface area contributed by atoms with Crippen LogP contribution in [0, 0.1) is 11.3 Å². The van der Waals surface area contributed by atoms with Crippen molar-refractivity contribution in [3.63, 3.8) is 0 Å². The normalized spacial score (nSPS) is 9.80. The number of nitrogens with two attached hydrogens (primary N) is 1. The van der Waals surface area contributed by atoms with E-state index < -0.39 is 0 Å². The number of unbranched alkanes of at least 4 members (excludes halogenated alkanes) is 1. The van der Waals surface area contributed by atoms with E-state index in [1.54, 1.807) is 0 Å². The Kier molecular flexibility index (Phi) is 5.28. The minimum Gasteiger partial charge on any atom is -0.399 e. The van der Waals surface area contributed by atoms with Gasteiger partial charge in [-0.05, 0) is 24.5 Å². The molecule has 0 spiro atoms. The molecule has 0 unspecified atom stereocenters. The first-order valence-corrected chi connectivity index (χ1v) is 5.12. The number of nitrogens with zero attached hydrogens (tertiary/aromatic N) is 1. The summed E-state index contributed by atoms with van der Waals surface area (Å²) in [6.45, 7) is 1.32. The van der Waals surface area contributed by atoms with Crippen molar-refractivity contribution in [3.05, 3.63) is 29.8 Å². The second-order valence-electron chi connectivity index (χ2n) is 3.32. The van der Waals surface area contributed by atoms with Gasteiger partial charge in [0.1, 0.15) is 0 Å². The van der Waals surface area contributed by atoms with Crippen molar-refractivity contribution < 1.29 is 4.74 Å². The number of anilines is 1. The molecule has 1 rings (SSSR count). The Hall–Kier alpha value is -1.53. The van der Waals surface area contributed by atoms with Crippen LogP contribution in [0.3, 0.4) is 0 Å². The molecule has 0 atom stereocenters. The van der Waals surface area contributed by atoms with Crippen molar-refractivity contribution in [3.8, 4) is 6.07 Å². The molecule has 0 aromatic heterocycles. The Bertz CT molecular complexity index is 331. The third kappa shape index (κ3) is 4.48. The lowest BCUT2D eigenvalue weighted by molar-refractivity contribution is 0.136. The average molecular weight is 204 g/mol. The number of nitrogen functional groups attached to an aromatic ring is 1. The molecular weight excluding hydrogens is 188 g/mol. The van der Waals surface area contributed by atoms with Crippen LogP contribution in [-0.4, -0.2) is 13.2 Å². The summed E-state index contributed by atoms with van der Waals surface area (Å²) >= 11 is 0. The van der Waals surface area contributed by atoms with Crippen LogP contribution in [0.5, 0.6) is 0 Å². The fourth-order valence-corrected chi connectivity index (χ4v) is 1.30. The Morgan fingerprint density at radius 3 is 2.80 bits per heavy atom. The van der Waals surface area contributed by atoms with E-state index in [2.05, 4.69) is 6.07 Å². The lowest BCUT2D eigenvalue weighted by Crippen LogP contribution is -2.02. The number of nitriles is 1. The molecular formula is C12H16N2O. The maximum absolute atomic E-state index is 8.32. The zero-order chi connectivity index (χ0) is 10.9. The molecule has 0 aliphatic heterocycles. The summed E-state index contributed by atoms with van der Waals surface area (Å²) in [7, 11) is 0. The zero-order valence-electron chi connectivity index (χ0n) is 8.78. The molecule has 0 aliphatic carbocycles. The number of ether oxygens (including phenoxy) is 1. The number of rotatable bonds is 6. The third-order valence-corrected chi connectivity index (χ3v) is 2.15. The molecule has 3 nitrogen and oxygen atoms in total. The fourth-order valence-electron chi connectivity index (χ4n) is 1.30. The smallest absolute Gasteiger partial charge is 0.0622 e. The SMILES string of the molecule is N#CCCCOCCc1ccccc1N. The van der Waals surface area contributed by atoms with Gasteiger partial charge in [0.05, 0.1) is 12.7 Å². The Morgan fingerprint density at radius 1 is 1.27 bits per heavy atom. The molecule has 0 saturated heterocycles. The van der Waals surface area contributed by atoms with E-state index in [4.69, 9.17) is 15.7 Å². The summed E-state index contributed by atoms with van der Waals surface area (Å²) in [5.41, 5.74) is 7.73. The van der Waals surface area contributed by atoms with E-state index in [0.29, 0.717) is 19.6 Å². The zero-order valence-corrected chi connectivity index (χ0v) is 8.78. The van der Waals surface area contributed by atoms with Gasteiger partial charge in [-0.3, -0.25) is 0 Å². The molecule has 0 aliphatic rings. The molecule has 0 heterocycles. The molecule has 1 aromatic rings. The maximum atomic E-state index is 8.32. The predicted octanol–water partition coefficient (Wildman–Crippen LogP) is 2.13. The van der Waals surface area contributed by atoms with Crippen LogP contribution in [0.1, 0.15) is 18.4 Å². The molecule has 0 bridgehead atoms. The summed E-state index contributed by atoms with van der Waals surface area (Å²) in [4.78, 5) is 0. The highest BCUT2D eigenvalue weighted by molar-refractivity contribution is 5.46. The molecule has 15 heavy (non-hydrogen) atoms. The first-order valence-electron chi connectivity index (χ1n) is 5.12. The van der Waals surface area contributed by atoms with E-state index in [-0.39, 0.29) is 0 Å². The van der Waals surface area contributed by atoms with Crippen LogP contribution in [0.4, 0.5) is 5.69 Å². The van der Waals surface area contributed by atoms with Gasteiger partial charge in [-0.25, -0.2) is 0 Å². The molecule has 0 radical (unpaired) electrons. The van der Waals surface area contributed by atoms with E-state index in [0.717, 1.165) is 24.1 Å². The highest BCUT2D eigenvalue weighted by atomic mass is 16.5. The van der Waals surface area contributed by atoms with Crippen molar-refractivity contribution in [2.45, 2.75) is 19.3 Å². The third-order valence-electron chi connectivity index (χ3n) is 2.15. The minimum atomic E-state index is 0.563. The average Bonchev–Trinajstić information content (AvgIpc) is 2.25. The van der Waals surface area contributed by atoms with Gasteiger partial charge in [0.2, 0.25) is 0 Å². The van der Waals surface area contributed by atoms with Gasteiger partial charge in [-0.1, -0.05) is 18.2 Å². The van der Waals surface area contributed by atoms with Gasteiger partial charge >= 0.3 is 0 Å². The van der Waals surface area contributed by atoms with Crippen LogP contribution in [0.25, 0.3) is 0 Å². The van der Waals surface area contributed by atoms with Gasteiger partial charge in [-0.15, -0.1) is 0 Å². The molecule has 1 aromatic carbocycles. The van der Waals surface area contributed by atoms with Gasteiger partial charge < -0.3 is 10.5 Å². The summed E-state index contributed by atoms with van der Waals surface area (Å²) < 4.78 is 5.39. The second kappa shape index (κ2) is 6.86. The lowest BCUT2D eigenvalue weighted by Gasteiger charge is -2.05. The molecule has 80 valence electrons. The number of benzene rings is 1. The molecule has 3 heteroatoms. The van der Waals surface area contributed by atoms with Crippen molar-refractivity contribution in [2.24, 2.45) is 0 Å². The van der Waals surface area contributed by atoms with Gasteiger partial charge in [0.15, 0.2) is 0 Å². The van der Waals surface area contributed by atoms with Crippen LogP contribution < -0.4 is 5.73 Å². The summed E-state index contributed by atoms with van der Waals surface area (Å²) in [6, 6.07) is 9.88. The summed E-state index contributed by atoms with van der Waals surface area (Å²) in [5.74, 6) is 0.